The van der Waals surface area contributed by atoms with Gasteiger partial charge < -0.3 is 4.57 Å². The second kappa shape index (κ2) is 12.0. The number of hydrogen-bond acceptors (Lipinski definition) is 6. The zero-order valence-electron chi connectivity index (χ0n) is 18.5. The van der Waals surface area contributed by atoms with Gasteiger partial charge >= 0.3 is 0 Å². The number of thiazole rings is 1. The first kappa shape index (κ1) is 28.8. The smallest absolute Gasteiger partial charge is 0.238 e. The average Bonchev–Trinajstić information content (AvgIpc) is 3.11. The standard InChI is InChI=1S/C22H25ClN4O3S2.2ClH/c1-25-22-27(19-7-4-17(23)12-21(19)31-22)13-15-8-10-26(11-9-15)14-20(28)16-2-5-18(6-3-16)32(24,29)30;;/h2-7,12,15H,8-11,13-14H2,1H3,(H2,24,29,30);2*1H/b25-22+;;. The molecule has 7 nitrogen and oxygen atoms in total. The summed E-state index contributed by atoms with van der Waals surface area (Å²) in [6, 6.07) is 11.7. The van der Waals surface area contributed by atoms with E-state index in [1.165, 1.54) is 24.3 Å². The van der Waals surface area contributed by atoms with Gasteiger partial charge in [-0.3, -0.25) is 14.7 Å². The van der Waals surface area contributed by atoms with Crippen molar-refractivity contribution in [2.45, 2.75) is 24.3 Å². The molecule has 0 saturated carbocycles. The van der Waals surface area contributed by atoms with Crippen molar-refractivity contribution in [2.24, 2.45) is 16.0 Å². The maximum atomic E-state index is 12.6. The number of hydrogen-bond donors (Lipinski definition) is 1. The molecule has 1 fully saturated rings. The van der Waals surface area contributed by atoms with Gasteiger partial charge in [0.1, 0.15) is 0 Å². The number of carbonyl (C=O) groups is 1. The van der Waals surface area contributed by atoms with Crippen molar-refractivity contribution in [3.63, 3.8) is 0 Å². The van der Waals surface area contributed by atoms with E-state index in [1.807, 2.05) is 19.2 Å². The van der Waals surface area contributed by atoms with Gasteiger partial charge in [0.25, 0.3) is 0 Å². The van der Waals surface area contributed by atoms with Crippen LogP contribution in [0.4, 0.5) is 0 Å². The number of likely N-dealkylation sites (tertiary alicyclic amines) is 1. The van der Waals surface area contributed by atoms with Crippen LogP contribution >= 0.6 is 47.8 Å². The number of benzene rings is 2. The summed E-state index contributed by atoms with van der Waals surface area (Å²) in [6.07, 6.45) is 2.00. The van der Waals surface area contributed by atoms with Crippen molar-refractivity contribution >= 4 is 73.8 Å². The predicted molar refractivity (Wildman–Crippen MR) is 142 cm³/mol. The lowest BCUT2D eigenvalue weighted by Gasteiger charge is -2.31. The number of nitrogens with zero attached hydrogens (tertiary/aromatic N) is 3. The van der Waals surface area contributed by atoms with Gasteiger partial charge in [0, 0.05) is 24.2 Å². The number of ketones is 1. The highest BCUT2D eigenvalue weighted by molar-refractivity contribution is 7.89. The predicted octanol–water partition coefficient (Wildman–Crippen LogP) is 3.97. The zero-order chi connectivity index (χ0) is 22.9. The average molecular weight is 566 g/mol. The van der Waals surface area contributed by atoms with Gasteiger partial charge in [-0.1, -0.05) is 35.1 Å². The molecule has 2 heterocycles. The fraction of sp³-hybridized carbons (Fsp3) is 0.364. The molecule has 186 valence electrons. The molecule has 12 heteroatoms. The minimum Gasteiger partial charge on any atom is -0.316 e. The first-order valence-corrected chi connectivity index (χ1v) is 13.1. The van der Waals surface area contributed by atoms with Crippen LogP contribution in [0.1, 0.15) is 23.2 Å². The molecule has 2 N–H and O–H groups in total. The molecule has 2 aromatic carbocycles. The molecule has 0 unspecified atom stereocenters. The molecule has 0 radical (unpaired) electrons. The van der Waals surface area contributed by atoms with Crippen LogP contribution in [0.3, 0.4) is 0 Å². The zero-order valence-corrected chi connectivity index (χ0v) is 22.5. The van der Waals surface area contributed by atoms with Gasteiger partial charge in [-0.05, 0) is 62.2 Å². The molecular weight excluding hydrogens is 539 g/mol. The number of piperidine rings is 1. The molecule has 34 heavy (non-hydrogen) atoms. The van der Waals surface area contributed by atoms with Crippen LogP contribution in [-0.4, -0.2) is 50.3 Å². The van der Waals surface area contributed by atoms with Crippen LogP contribution in [0.2, 0.25) is 5.02 Å². The van der Waals surface area contributed by atoms with E-state index in [0.29, 0.717) is 18.0 Å². The highest BCUT2D eigenvalue weighted by Gasteiger charge is 2.23. The quantitative estimate of drug-likeness (QED) is 0.457. The summed E-state index contributed by atoms with van der Waals surface area (Å²) < 4.78 is 26.2. The highest BCUT2D eigenvalue weighted by atomic mass is 35.5. The maximum Gasteiger partial charge on any atom is 0.238 e. The van der Waals surface area contributed by atoms with Gasteiger partial charge in [0.05, 0.1) is 21.7 Å². The molecule has 0 spiro atoms. The summed E-state index contributed by atoms with van der Waals surface area (Å²) in [5.41, 5.74) is 1.65. The largest absolute Gasteiger partial charge is 0.316 e. The highest BCUT2D eigenvalue weighted by Crippen LogP contribution is 2.25. The summed E-state index contributed by atoms with van der Waals surface area (Å²) in [5.74, 6) is 0.487. The van der Waals surface area contributed by atoms with E-state index >= 15 is 0 Å². The Morgan fingerprint density at radius 1 is 1.15 bits per heavy atom. The van der Waals surface area contributed by atoms with Gasteiger partial charge in [-0.25, -0.2) is 13.6 Å². The number of halogens is 3. The first-order chi connectivity index (χ1) is 15.2. The summed E-state index contributed by atoms with van der Waals surface area (Å²) in [5, 5.41) is 5.84. The first-order valence-electron chi connectivity index (χ1n) is 10.3. The Labute approximate surface area is 220 Å². The second-order valence-electron chi connectivity index (χ2n) is 8.04. The van der Waals surface area contributed by atoms with E-state index in [0.717, 1.165) is 52.5 Å². The summed E-state index contributed by atoms with van der Waals surface area (Å²) in [4.78, 5) is 20.2. The van der Waals surface area contributed by atoms with Crippen LogP contribution in [0.5, 0.6) is 0 Å². The Kier molecular flexibility index (Phi) is 10.1. The number of fused-ring (bicyclic) bond motifs is 1. The number of aromatic nitrogens is 1. The molecule has 3 aromatic rings. The Hall–Kier alpha value is -1.46. The van der Waals surface area contributed by atoms with E-state index in [9.17, 15) is 13.2 Å². The maximum absolute atomic E-state index is 12.6. The molecule has 0 atom stereocenters. The summed E-state index contributed by atoms with van der Waals surface area (Å²) in [7, 11) is -1.95. The van der Waals surface area contributed by atoms with Crippen LogP contribution in [0.25, 0.3) is 10.2 Å². The Morgan fingerprint density at radius 3 is 2.38 bits per heavy atom. The minimum atomic E-state index is -3.76. The summed E-state index contributed by atoms with van der Waals surface area (Å²) in [6.45, 7) is 2.91. The van der Waals surface area contributed by atoms with Gasteiger partial charge in [-0.2, -0.15) is 0 Å². The number of primary sulfonamides is 1. The van der Waals surface area contributed by atoms with Crippen LogP contribution in [0, 0.1) is 5.92 Å². The SMILES string of the molecule is C/N=c1/sc2cc(Cl)ccc2n1CC1CCN(CC(=O)c2ccc(S(N)(=O)=O)cc2)CC1.Cl.Cl. The molecular formula is C22H27Cl3N4O3S2. The third kappa shape index (κ3) is 6.60. The van der Waals surface area contributed by atoms with E-state index in [1.54, 1.807) is 11.3 Å². The number of Topliss-reactive ketones (excluding diaryl/α,β-unsaturated/α-hetero) is 1. The molecule has 0 bridgehead atoms. The summed E-state index contributed by atoms with van der Waals surface area (Å²) >= 11 is 7.79. The van der Waals surface area contributed by atoms with Crippen LogP contribution in [0.15, 0.2) is 52.4 Å². The lowest BCUT2D eigenvalue weighted by molar-refractivity contribution is 0.0890. The Balaban J connectivity index is 0.00000204. The lowest BCUT2D eigenvalue weighted by Crippen LogP contribution is -2.38. The molecule has 1 aromatic heterocycles. The molecule has 0 amide bonds. The van der Waals surface area contributed by atoms with Crippen molar-refractivity contribution in [1.29, 1.82) is 0 Å². The van der Waals surface area contributed by atoms with Gasteiger partial charge in [0.2, 0.25) is 10.0 Å². The van der Waals surface area contributed by atoms with E-state index in [4.69, 9.17) is 16.7 Å². The fourth-order valence-electron chi connectivity index (χ4n) is 4.10. The van der Waals surface area contributed by atoms with Gasteiger partial charge in [-0.15, -0.1) is 24.8 Å². The van der Waals surface area contributed by atoms with E-state index in [2.05, 4.69) is 20.5 Å². The number of carbonyl (C=O) groups excluding carboxylic acids is 1. The molecule has 1 saturated heterocycles. The lowest BCUT2D eigenvalue weighted by atomic mass is 9.96. The fourth-order valence-corrected chi connectivity index (χ4v) is 5.89. The monoisotopic (exact) mass is 564 g/mol. The topological polar surface area (TPSA) is 97.8 Å². The van der Waals surface area contributed by atoms with Gasteiger partial charge in [0.15, 0.2) is 10.6 Å². The normalized spacial score (nSPS) is 15.7. The third-order valence-electron chi connectivity index (χ3n) is 5.86. The molecule has 1 aliphatic rings. The van der Waals surface area contributed by atoms with Crippen molar-refractivity contribution in [3.05, 3.63) is 57.9 Å². The third-order valence-corrected chi connectivity index (χ3v) is 8.15. The van der Waals surface area contributed by atoms with Crippen molar-refractivity contribution in [2.75, 3.05) is 26.7 Å². The number of rotatable bonds is 6. The van der Waals surface area contributed by atoms with Crippen molar-refractivity contribution < 1.29 is 13.2 Å². The molecule has 1 aliphatic heterocycles. The van der Waals surface area contributed by atoms with Crippen LogP contribution < -0.4 is 9.94 Å². The Morgan fingerprint density at radius 2 is 1.79 bits per heavy atom. The number of sulfonamides is 1. The van der Waals surface area contributed by atoms with Crippen LogP contribution in [-0.2, 0) is 16.6 Å². The van der Waals surface area contributed by atoms with Crippen molar-refractivity contribution in [1.82, 2.24) is 9.47 Å². The van der Waals surface area contributed by atoms with Crippen molar-refractivity contribution in [3.8, 4) is 0 Å². The van der Waals surface area contributed by atoms with E-state index in [-0.39, 0.29) is 35.5 Å². The number of nitrogens with two attached hydrogens (primary N) is 1. The Bertz CT molecular complexity index is 1310. The second-order valence-corrected chi connectivity index (χ2v) is 11.0. The molecule has 0 aliphatic carbocycles. The molecule has 4 rings (SSSR count). The van der Waals surface area contributed by atoms with E-state index < -0.39 is 10.0 Å². The minimum absolute atomic E-state index is 0.